The van der Waals surface area contributed by atoms with Crippen LogP contribution in [-0.2, 0) is 0 Å². The van der Waals surface area contributed by atoms with E-state index in [-0.39, 0.29) is 11.7 Å². The van der Waals surface area contributed by atoms with Crippen LogP contribution in [0.5, 0.6) is 11.5 Å². The number of carbonyl (C=O) groups is 1. The third-order valence-corrected chi connectivity index (χ3v) is 3.52. The Labute approximate surface area is 143 Å². The molecule has 0 fully saturated rings. The fourth-order valence-corrected chi connectivity index (χ4v) is 2.18. The second-order valence-corrected chi connectivity index (χ2v) is 5.48. The fourth-order valence-electron chi connectivity index (χ4n) is 2.05. The lowest BCUT2D eigenvalue weighted by molar-refractivity contribution is 0.102. The minimum atomic E-state index is -0.317. The standard InChI is InChI=1S/C19H13ClFNO2/c20-14-3-1-13(2-4-14)19(23)22-16-7-11-18(12-8-16)24-17-9-5-15(21)6-10-17/h1-12H,(H,22,23). The van der Waals surface area contributed by atoms with Crippen LogP contribution in [0.1, 0.15) is 10.4 Å². The SMILES string of the molecule is O=C(Nc1ccc(Oc2ccc(F)cc2)cc1)c1ccc(Cl)cc1. The van der Waals surface area contributed by atoms with Gasteiger partial charge >= 0.3 is 0 Å². The van der Waals surface area contributed by atoms with Crippen molar-refractivity contribution in [2.45, 2.75) is 0 Å². The zero-order chi connectivity index (χ0) is 16.9. The van der Waals surface area contributed by atoms with Gasteiger partial charge in [0, 0.05) is 16.3 Å². The number of benzene rings is 3. The minimum absolute atomic E-state index is 0.223. The molecule has 0 atom stereocenters. The average Bonchev–Trinajstić information content (AvgIpc) is 2.59. The van der Waals surface area contributed by atoms with Crippen LogP contribution in [0.2, 0.25) is 5.02 Å². The second kappa shape index (κ2) is 7.15. The van der Waals surface area contributed by atoms with Gasteiger partial charge in [-0.25, -0.2) is 4.39 Å². The van der Waals surface area contributed by atoms with E-state index in [0.29, 0.717) is 27.8 Å². The number of halogens is 2. The first-order chi connectivity index (χ1) is 11.6. The van der Waals surface area contributed by atoms with Crippen molar-refractivity contribution in [3.05, 3.63) is 89.2 Å². The van der Waals surface area contributed by atoms with Gasteiger partial charge in [-0.05, 0) is 72.8 Å². The van der Waals surface area contributed by atoms with Gasteiger partial charge in [0.05, 0.1) is 0 Å². The number of carbonyl (C=O) groups excluding carboxylic acids is 1. The molecule has 120 valence electrons. The van der Waals surface area contributed by atoms with E-state index in [2.05, 4.69) is 5.32 Å². The molecule has 0 aliphatic heterocycles. The predicted octanol–water partition coefficient (Wildman–Crippen LogP) is 5.52. The Kier molecular flexibility index (Phi) is 4.77. The van der Waals surface area contributed by atoms with Crippen molar-refractivity contribution in [1.29, 1.82) is 0 Å². The van der Waals surface area contributed by atoms with Crippen molar-refractivity contribution < 1.29 is 13.9 Å². The summed E-state index contributed by atoms with van der Waals surface area (Å²) in [6, 6.07) is 19.3. The summed E-state index contributed by atoms with van der Waals surface area (Å²) < 4.78 is 18.5. The number of nitrogens with one attached hydrogen (secondary N) is 1. The molecule has 0 radical (unpaired) electrons. The molecule has 0 bridgehead atoms. The largest absolute Gasteiger partial charge is 0.457 e. The Balaban J connectivity index is 1.64. The number of hydrogen-bond acceptors (Lipinski definition) is 2. The van der Waals surface area contributed by atoms with Gasteiger partial charge in [-0.3, -0.25) is 4.79 Å². The van der Waals surface area contributed by atoms with Gasteiger partial charge in [-0.1, -0.05) is 11.6 Å². The van der Waals surface area contributed by atoms with Crippen molar-refractivity contribution >= 4 is 23.2 Å². The summed E-state index contributed by atoms with van der Waals surface area (Å²) in [5.74, 6) is 0.585. The first-order valence-corrected chi connectivity index (χ1v) is 7.58. The highest BCUT2D eigenvalue weighted by molar-refractivity contribution is 6.30. The molecular weight excluding hydrogens is 329 g/mol. The predicted molar refractivity (Wildman–Crippen MR) is 92.3 cm³/mol. The monoisotopic (exact) mass is 341 g/mol. The molecule has 0 spiro atoms. The van der Waals surface area contributed by atoms with Gasteiger partial charge in [0.2, 0.25) is 0 Å². The van der Waals surface area contributed by atoms with Crippen molar-refractivity contribution in [3.63, 3.8) is 0 Å². The van der Waals surface area contributed by atoms with E-state index in [4.69, 9.17) is 16.3 Å². The number of anilines is 1. The first-order valence-electron chi connectivity index (χ1n) is 7.20. The van der Waals surface area contributed by atoms with Crippen LogP contribution in [-0.4, -0.2) is 5.91 Å². The number of hydrogen-bond donors (Lipinski definition) is 1. The van der Waals surface area contributed by atoms with Gasteiger partial charge < -0.3 is 10.1 Å². The summed E-state index contributed by atoms with van der Waals surface area (Å²) >= 11 is 5.80. The average molecular weight is 342 g/mol. The maximum atomic E-state index is 12.9. The van der Waals surface area contributed by atoms with Gasteiger partial charge in [-0.2, -0.15) is 0 Å². The third kappa shape index (κ3) is 4.12. The summed E-state index contributed by atoms with van der Waals surface area (Å²) in [6.07, 6.45) is 0. The zero-order valence-electron chi connectivity index (χ0n) is 12.5. The van der Waals surface area contributed by atoms with E-state index in [0.717, 1.165) is 0 Å². The molecule has 0 saturated carbocycles. The molecule has 0 aliphatic carbocycles. The normalized spacial score (nSPS) is 10.2. The van der Waals surface area contributed by atoms with Gasteiger partial charge in [-0.15, -0.1) is 0 Å². The topological polar surface area (TPSA) is 38.3 Å². The third-order valence-electron chi connectivity index (χ3n) is 3.27. The molecule has 1 N–H and O–H groups in total. The number of rotatable bonds is 4. The molecule has 3 aromatic rings. The molecule has 24 heavy (non-hydrogen) atoms. The van der Waals surface area contributed by atoms with Crippen LogP contribution < -0.4 is 10.1 Å². The number of ether oxygens (including phenoxy) is 1. The molecule has 0 saturated heterocycles. The molecule has 0 aromatic heterocycles. The molecular formula is C19H13ClFNO2. The van der Waals surface area contributed by atoms with Gasteiger partial charge in [0.25, 0.3) is 5.91 Å². The Morgan fingerprint density at radius 2 is 1.38 bits per heavy atom. The molecule has 3 nitrogen and oxygen atoms in total. The van der Waals surface area contributed by atoms with Gasteiger partial charge in [0.1, 0.15) is 17.3 Å². The smallest absolute Gasteiger partial charge is 0.255 e. The van der Waals surface area contributed by atoms with Gasteiger partial charge in [0.15, 0.2) is 0 Å². The van der Waals surface area contributed by atoms with E-state index in [1.165, 1.54) is 12.1 Å². The van der Waals surface area contributed by atoms with E-state index < -0.39 is 0 Å². The van der Waals surface area contributed by atoms with Crippen molar-refractivity contribution in [3.8, 4) is 11.5 Å². The highest BCUT2D eigenvalue weighted by atomic mass is 35.5. The quantitative estimate of drug-likeness (QED) is 0.678. The molecule has 1 amide bonds. The minimum Gasteiger partial charge on any atom is -0.457 e. The fraction of sp³-hybridized carbons (Fsp3) is 0. The van der Waals surface area contributed by atoms with Crippen LogP contribution >= 0.6 is 11.6 Å². The molecule has 5 heteroatoms. The Hall–Kier alpha value is -2.85. The van der Waals surface area contributed by atoms with E-state index in [1.54, 1.807) is 60.7 Å². The maximum absolute atomic E-state index is 12.9. The van der Waals surface area contributed by atoms with Crippen molar-refractivity contribution in [2.75, 3.05) is 5.32 Å². The second-order valence-electron chi connectivity index (χ2n) is 5.04. The summed E-state index contributed by atoms with van der Waals surface area (Å²) in [5.41, 5.74) is 1.16. The Bertz CT molecular complexity index is 831. The lowest BCUT2D eigenvalue weighted by Crippen LogP contribution is -2.11. The van der Waals surface area contributed by atoms with Crippen LogP contribution in [0, 0.1) is 5.82 Å². The molecule has 0 heterocycles. The lowest BCUT2D eigenvalue weighted by Gasteiger charge is -2.08. The van der Waals surface area contributed by atoms with Crippen molar-refractivity contribution in [1.82, 2.24) is 0 Å². The summed E-state index contributed by atoms with van der Waals surface area (Å²) in [4.78, 5) is 12.1. The number of amides is 1. The van der Waals surface area contributed by atoms with Crippen LogP contribution in [0.15, 0.2) is 72.8 Å². The first kappa shape index (κ1) is 16.0. The maximum Gasteiger partial charge on any atom is 0.255 e. The molecule has 3 rings (SSSR count). The zero-order valence-corrected chi connectivity index (χ0v) is 13.3. The summed E-state index contributed by atoms with van der Waals surface area (Å²) in [6.45, 7) is 0. The van der Waals surface area contributed by atoms with Crippen molar-refractivity contribution in [2.24, 2.45) is 0 Å². The molecule has 3 aromatic carbocycles. The Morgan fingerprint density at radius 1 is 0.833 bits per heavy atom. The summed E-state index contributed by atoms with van der Waals surface area (Å²) in [7, 11) is 0. The van der Waals surface area contributed by atoms with Crippen LogP contribution in [0.3, 0.4) is 0 Å². The highest BCUT2D eigenvalue weighted by Crippen LogP contribution is 2.23. The van der Waals surface area contributed by atoms with E-state index in [9.17, 15) is 9.18 Å². The Morgan fingerprint density at radius 3 is 1.96 bits per heavy atom. The van der Waals surface area contributed by atoms with Crippen LogP contribution in [0.4, 0.5) is 10.1 Å². The van der Waals surface area contributed by atoms with Crippen LogP contribution in [0.25, 0.3) is 0 Å². The highest BCUT2D eigenvalue weighted by Gasteiger charge is 2.06. The van der Waals surface area contributed by atoms with E-state index in [1.807, 2.05) is 0 Å². The van der Waals surface area contributed by atoms with E-state index >= 15 is 0 Å². The molecule has 0 aliphatic rings. The lowest BCUT2D eigenvalue weighted by atomic mass is 10.2. The summed E-state index contributed by atoms with van der Waals surface area (Å²) in [5, 5.41) is 3.37. The molecule has 0 unspecified atom stereocenters.